The summed E-state index contributed by atoms with van der Waals surface area (Å²) in [6, 6.07) is 3.49. The van der Waals surface area contributed by atoms with E-state index in [1.807, 2.05) is 6.92 Å². The number of hydrogen-bond acceptors (Lipinski definition) is 3. The van der Waals surface area contributed by atoms with E-state index in [2.05, 4.69) is 22.6 Å². The van der Waals surface area contributed by atoms with E-state index in [1.165, 1.54) is 0 Å². The topological polar surface area (TPSA) is 65.7 Å². The zero-order valence-electron chi connectivity index (χ0n) is 7.42. The fourth-order valence-electron chi connectivity index (χ4n) is 1.26. The van der Waals surface area contributed by atoms with E-state index in [0.717, 1.165) is 10.5 Å². The fraction of sp³-hybridized carbons (Fsp3) is 0.111. The minimum absolute atomic E-state index is 0.588. The highest BCUT2D eigenvalue weighted by Gasteiger charge is 2.01. The lowest BCUT2D eigenvalue weighted by atomic mass is 10.2. The lowest BCUT2D eigenvalue weighted by molar-refractivity contribution is 1.13. The van der Waals surface area contributed by atoms with E-state index < -0.39 is 11.1 Å². The number of aromatic amines is 2. The predicted molar refractivity (Wildman–Crippen MR) is 57.2 cm³/mol. The summed E-state index contributed by atoms with van der Waals surface area (Å²) < 4.78 is 0. The number of benzene rings is 1. The van der Waals surface area contributed by atoms with Crippen LogP contribution in [0.1, 0.15) is 5.56 Å². The van der Waals surface area contributed by atoms with E-state index in [4.69, 9.17) is 0 Å². The SMILES string of the molecule is Cc1cc2[nH]c(=O)c(=O)[nH]c2cc1S. The van der Waals surface area contributed by atoms with Crippen LogP contribution in [0.25, 0.3) is 11.0 Å². The van der Waals surface area contributed by atoms with Gasteiger partial charge < -0.3 is 9.97 Å². The summed E-state index contributed by atoms with van der Waals surface area (Å²) in [5.41, 5.74) is 0.872. The Balaban J connectivity index is 2.97. The highest BCUT2D eigenvalue weighted by Crippen LogP contribution is 2.17. The van der Waals surface area contributed by atoms with Gasteiger partial charge in [-0.1, -0.05) is 0 Å². The van der Waals surface area contributed by atoms with Gasteiger partial charge in [-0.25, -0.2) is 0 Å². The molecule has 0 radical (unpaired) electrons. The second-order valence-electron chi connectivity index (χ2n) is 3.09. The maximum atomic E-state index is 11.0. The van der Waals surface area contributed by atoms with Gasteiger partial charge in [-0.3, -0.25) is 9.59 Å². The van der Waals surface area contributed by atoms with Gasteiger partial charge in [0.2, 0.25) is 0 Å². The van der Waals surface area contributed by atoms with Crippen molar-refractivity contribution < 1.29 is 0 Å². The molecular weight excluding hydrogens is 200 g/mol. The van der Waals surface area contributed by atoms with Crippen molar-refractivity contribution in [2.75, 3.05) is 0 Å². The molecule has 0 atom stereocenters. The Bertz CT molecular complexity index is 558. The van der Waals surface area contributed by atoms with Gasteiger partial charge in [-0.05, 0) is 24.6 Å². The van der Waals surface area contributed by atoms with Crippen molar-refractivity contribution in [1.82, 2.24) is 9.97 Å². The maximum Gasteiger partial charge on any atom is 0.314 e. The fourth-order valence-corrected chi connectivity index (χ4v) is 1.46. The number of hydrogen-bond donors (Lipinski definition) is 3. The highest BCUT2D eigenvalue weighted by molar-refractivity contribution is 7.80. The minimum Gasteiger partial charge on any atom is -0.316 e. The molecule has 0 unspecified atom stereocenters. The summed E-state index contributed by atoms with van der Waals surface area (Å²) in [4.78, 5) is 27.8. The molecule has 1 aromatic heterocycles. The first-order valence-electron chi connectivity index (χ1n) is 4.04. The van der Waals surface area contributed by atoms with Gasteiger partial charge >= 0.3 is 11.1 Å². The standard InChI is InChI=1S/C9H8N2O2S/c1-4-2-5-6(3-7(4)14)11-9(13)8(12)10-5/h2-3,14H,1H3,(H,10,12)(H,11,13). The quantitative estimate of drug-likeness (QED) is 0.443. The van der Waals surface area contributed by atoms with Crippen LogP contribution in [-0.4, -0.2) is 9.97 Å². The molecule has 1 heterocycles. The van der Waals surface area contributed by atoms with Gasteiger partial charge in [0, 0.05) is 4.90 Å². The normalized spacial score (nSPS) is 10.7. The van der Waals surface area contributed by atoms with Crippen LogP contribution in [0.4, 0.5) is 0 Å². The highest BCUT2D eigenvalue weighted by atomic mass is 32.1. The van der Waals surface area contributed by atoms with Crippen LogP contribution in [0.2, 0.25) is 0 Å². The average molecular weight is 208 g/mol. The lowest BCUT2D eigenvalue weighted by Gasteiger charge is -2.01. The first-order chi connectivity index (χ1) is 6.58. The van der Waals surface area contributed by atoms with Crippen molar-refractivity contribution in [1.29, 1.82) is 0 Å². The number of nitrogens with one attached hydrogen (secondary N) is 2. The Morgan fingerprint density at radius 1 is 1.07 bits per heavy atom. The van der Waals surface area contributed by atoms with Crippen molar-refractivity contribution >= 4 is 23.7 Å². The molecule has 0 aliphatic carbocycles. The van der Waals surface area contributed by atoms with Crippen LogP contribution in [0, 0.1) is 6.92 Å². The van der Waals surface area contributed by atoms with Crippen molar-refractivity contribution in [3.8, 4) is 0 Å². The molecule has 14 heavy (non-hydrogen) atoms. The summed E-state index contributed by atoms with van der Waals surface area (Å²) in [5.74, 6) is 0. The van der Waals surface area contributed by atoms with Crippen LogP contribution in [-0.2, 0) is 0 Å². The predicted octanol–water partition coefficient (Wildman–Crippen LogP) is 0.814. The average Bonchev–Trinajstić information content (AvgIpc) is 2.11. The van der Waals surface area contributed by atoms with Crippen molar-refractivity contribution in [3.63, 3.8) is 0 Å². The minimum atomic E-state index is -0.644. The molecule has 0 saturated heterocycles. The van der Waals surface area contributed by atoms with Crippen LogP contribution < -0.4 is 11.1 Å². The largest absolute Gasteiger partial charge is 0.316 e. The molecule has 0 spiro atoms. The van der Waals surface area contributed by atoms with Crippen LogP contribution in [0.3, 0.4) is 0 Å². The molecule has 0 aliphatic heterocycles. The lowest BCUT2D eigenvalue weighted by Crippen LogP contribution is -2.28. The Kier molecular flexibility index (Phi) is 1.96. The molecule has 0 amide bonds. The molecule has 2 N–H and O–H groups in total. The third-order valence-corrected chi connectivity index (χ3v) is 2.52. The summed E-state index contributed by atoms with van der Waals surface area (Å²) in [6.07, 6.45) is 0. The number of fused-ring (bicyclic) bond motifs is 1. The molecule has 1 aromatic carbocycles. The number of rotatable bonds is 0. The van der Waals surface area contributed by atoms with Crippen molar-refractivity contribution in [2.45, 2.75) is 11.8 Å². The zero-order valence-corrected chi connectivity index (χ0v) is 8.31. The summed E-state index contributed by atoms with van der Waals surface area (Å²) in [6.45, 7) is 1.88. The van der Waals surface area contributed by atoms with Crippen LogP contribution in [0.15, 0.2) is 26.6 Å². The third kappa shape index (κ3) is 1.35. The Labute approximate surface area is 84.4 Å². The molecule has 0 fully saturated rings. The van der Waals surface area contributed by atoms with Gasteiger partial charge in [0.15, 0.2) is 0 Å². The van der Waals surface area contributed by atoms with Crippen molar-refractivity contribution in [2.24, 2.45) is 0 Å². The van der Waals surface area contributed by atoms with E-state index in [-0.39, 0.29) is 0 Å². The summed E-state index contributed by atoms with van der Waals surface area (Å²) >= 11 is 4.22. The monoisotopic (exact) mass is 208 g/mol. The summed E-state index contributed by atoms with van der Waals surface area (Å²) in [5, 5.41) is 0. The smallest absolute Gasteiger partial charge is 0.314 e. The van der Waals surface area contributed by atoms with Crippen LogP contribution in [0.5, 0.6) is 0 Å². The van der Waals surface area contributed by atoms with Gasteiger partial charge in [0.05, 0.1) is 11.0 Å². The van der Waals surface area contributed by atoms with Gasteiger partial charge in [-0.2, -0.15) is 0 Å². The first-order valence-corrected chi connectivity index (χ1v) is 4.48. The molecule has 2 aromatic rings. The molecule has 2 rings (SSSR count). The summed E-state index contributed by atoms with van der Waals surface area (Å²) in [7, 11) is 0. The molecule has 0 bridgehead atoms. The van der Waals surface area contributed by atoms with E-state index in [9.17, 15) is 9.59 Å². The first kappa shape index (κ1) is 9.08. The number of aryl methyl sites for hydroxylation is 1. The van der Waals surface area contributed by atoms with Crippen molar-refractivity contribution in [3.05, 3.63) is 38.4 Å². The van der Waals surface area contributed by atoms with Gasteiger partial charge in [-0.15, -0.1) is 12.6 Å². The number of aromatic nitrogens is 2. The zero-order chi connectivity index (χ0) is 10.3. The number of thiol groups is 1. The Hall–Kier alpha value is -1.49. The van der Waals surface area contributed by atoms with E-state index in [1.54, 1.807) is 12.1 Å². The molecule has 0 saturated carbocycles. The number of H-pyrrole nitrogens is 2. The second kappa shape index (κ2) is 3.02. The molecule has 72 valence electrons. The Morgan fingerprint density at radius 3 is 2.14 bits per heavy atom. The van der Waals surface area contributed by atoms with E-state index >= 15 is 0 Å². The molecule has 5 heteroatoms. The van der Waals surface area contributed by atoms with E-state index in [0.29, 0.717) is 11.0 Å². The van der Waals surface area contributed by atoms with Crippen LogP contribution >= 0.6 is 12.6 Å². The second-order valence-corrected chi connectivity index (χ2v) is 3.57. The molecular formula is C9H8N2O2S. The maximum absolute atomic E-state index is 11.0. The van der Waals surface area contributed by atoms with Gasteiger partial charge in [0.1, 0.15) is 0 Å². The molecule has 0 aliphatic rings. The Morgan fingerprint density at radius 2 is 1.57 bits per heavy atom. The third-order valence-electron chi connectivity index (χ3n) is 2.04. The molecule has 4 nitrogen and oxygen atoms in total. The van der Waals surface area contributed by atoms with Gasteiger partial charge in [0.25, 0.3) is 0 Å².